The first-order valence-electron chi connectivity index (χ1n) is 10.9. The van der Waals surface area contributed by atoms with Gasteiger partial charge in [0.1, 0.15) is 17.7 Å². The van der Waals surface area contributed by atoms with Crippen LogP contribution in [0.3, 0.4) is 0 Å². The van der Waals surface area contributed by atoms with Gasteiger partial charge in [0.05, 0.1) is 12.1 Å². The Hall–Kier alpha value is -3.78. The first kappa shape index (κ1) is 22.0. The largest absolute Gasteiger partial charge is 0.352 e. The number of nitrogens with zero attached hydrogens (tertiary/aromatic N) is 3. The SMILES string of the molecule is O=C(CC1N=C2c3ccccc3N=C(SCc3ccccc3F)N2C1=O)NCc1ccccc1. The highest BCUT2D eigenvalue weighted by molar-refractivity contribution is 8.13. The third-order valence-electron chi connectivity index (χ3n) is 5.57. The van der Waals surface area contributed by atoms with Crippen molar-refractivity contribution < 1.29 is 14.0 Å². The molecule has 3 aromatic carbocycles. The number of aliphatic imine (C=N–C) groups is 2. The van der Waals surface area contributed by atoms with Crippen LogP contribution in [-0.4, -0.2) is 33.8 Å². The Morgan fingerprint density at radius 3 is 2.56 bits per heavy atom. The van der Waals surface area contributed by atoms with Gasteiger partial charge in [-0.1, -0.05) is 72.4 Å². The molecule has 2 amide bonds. The Kier molecular flexibility index (Phi) is 6.22. The number of thioether (sulfide) groups is 1. The Bertz CT molecular complexity index is 1310. The van der Waals surface area contributed by atoms with E-state index in [0.717, 1.165) is 11.1 Å². The number of nitrogens with one attached hydrogen (secondary N) is 1. The van der Waals surface area contributed by atoms with Gasteiger partial charge in [0, 0.05) is 17.9 Å². The second kappa shape index (κ2) is 9.61. The van der Waals surface area contributed by atoms with Crippen LogP contribution in [0.2, 0.25) is 0 Å². The van der Waals surface area contributed by atoms with E-state index in [2.05, 4.69) is 15.3 Å². The first-order valence-corrected chi connectivity index (χ1v) is 11.9. The number of benzene rings is 3. The molecule has 1 unspecified atom stereocenters. The van der Waals surface area contributed by atoms with E-state index in [4.69, 9.17) is 0 Å². The van der Waals surface area contributed by atoms with E-state index in [9.17, 15) is 14.0 Å². The topological polar surface area (TPSA) is 74.1 Å². The van der Waals surface area contributed by atoms with Crippen LogP contribution in [0.15, 0.2) is 88.8 Å². The molecule has 34 heavy (non-hydrogen) atoms. The number of carbonyl (C=O) groups is 2. The summed E-state index contributed by atoms with van der Waals surface area (Å²) >= 11 is 1.27. The zero-order valence-electron chi connectivity index (χ0n) is 18.1. The molecule has 5 rings (SSSR count). The zero-order valence-corrected chi connectivity index (χ0v) is 19.0. The van der Waals surface area contributed by atoms with Crippen LogP contribution in [0.25, 0.3) is 0 Å². The summed E-state index contributed by atoms with van der Waals surface area (Å²) in [7, 11) is 0. The van der Waals surface area contributed by atoms with Gasteiger partial charge < -0.3 is 5.32 Å². The van der Waals surface area contributed by atoms with Gasteiger partial charge in [-0.2, -0.15) is 0 Å². The molecule has 8 heteroatoms. The molecule has 170 valence electrons. The molecule has 0 radical (unpaired) electrons. The van der Waals surface area contributed by atoms with Gasteiger partial charge in [-0.3, -0.25) is 14.6 Å². The van der Waals surface area contributed by atoms with Crippen molar-refractivity contribution in [1.29, 1.82) is 0 Å². The maximum Gasteiger partial charge on any atom is 0.259 e. The van der Waals surface area contributed by atoms with E-state index in [0.29, 0.717) is 34.6 Å². The van der Waals surface area contributed by atoms with E-state index >= 15 is 0 Å². The van der Waals surface area contributed by atoms with Gasteiger partial charge in [0.2, 0.25) is 5.91 Å². The molecule has 2 heterocycles. The Labute approximate surface area is 200 Å². The third kappa shape index (κ3) is 4.49. The summed E-state index contributed by atoms with van der Waals surface area (Å²) in [5, 5.41) is 3.28. The number of carbonyl (C=O) groups excluding carboxylic acids is 2. The van der Waals surface area contributed by atoms with Crippen molar-refractivity contribution in [1.82, 2.24) is 10.2 Å². The van der Waals surface area contributed by atoms with Crippen LogP contribution in [-0.2, 0) is 21.9 Å². The van der Waals surface area contributed by atoms with Gasteiger partial charge in [-0.25, -0.2) is 14.3 Å². The average Bonchev–Trinajstić information content (AvgIpc) is 3.19. The van der Waals surface area contributed by atoms with E-state index in [1.165, 1.54) is 22.7 Å². The van der Waals surface area contributed by atoms with E-state index in [1.54, 1.807) is 18.2 Å². The number of halogens is 1. The number of fused-ring (bicyclic) bond motifs is 3. The molecular formula is C26H21FN4O2S. The van der Waals surface area contributed by atoms with E-state index < -0.39 is 6.04 Å². The summed E-state index contributed by atoms with van der Waals surface area (Å²) in [5.41, 5.74) is 2.93. The van der Waals surface area contributed by atoms with E-state index in [-0.39, 0.29) is 24.1 Å². The molecule has 0 saturated carbocycles. The fourth-order valence-electron chi connectivity index (χ4n) is 3.83. The lowest BCUT2D eigenvalue weighted by atomic mass is 10.1. The lowest BCUT2D eigenvalue weighted by molar-refractivity contribution is -0.128. The number of amidine groups is 2. The lowest BCUT2D eigenvalue weighted by Gasteiger charge is -2.25. The predicted molar refractivity (Wildman–Crippen MR) is 131 cm³/mol. The Morgan fingerprint density at radius 1 is 1.00 bits per heavy atom. The second-order valence-electron chi connectivity index (χ2n) is 7.90. The highest BCUT2D eigenvalue weighted by Gasteiger charge is 2.42. The summed E-state index contributed by atoms with van der Waals surface area (Å²) in [6.07, 6.45) is -0.0565. The molecule has 0 fully saturated rings. The van der Waals surface area contributed by atoms with Crippen LogP contribution in [0, 0.1) is 5.82 Å². The summed E-state index contributed by atoms with van der Waals surface area (Å²) in [6.45, 7) is 0.384. The minimum absolute atomic E-state index is 0.0565. The second-order valence-corrected chi connectivity index (χ2v) is 8.84. The summed E-state index contributed by atoms with van der Waals surface area (Å²) in [4.78, 5) is 36.6. The maximum atomic E-state index is 14.1. The van der Waals surface area contributed by atoms with Crippen molar-refractivity contribution in [2.45, 2.75) is 24.8 Å². The molecule has 0 saturated heterocycles. The van der Waals surface area contributed by atoms with Crippen LogP contribution in [0.5, 0.6) is 0 Å². The molecule has 2 aliphatic heterocycles. The summed E-state index contributed by atoms with van der Waals surface area (Å²) in [6, 6.07) is 22.7. The number of para-hydroxylation sites is 1. The van der Waals surface area contributed by atoms with Crippen LogP contribution in [0.4, 0.5) is 10.1 Å². The van der Waals surface area contributed by atoms with Crippen molar-refractivity contribution in [2.75, 3.05) is 0 Å². The van der Waals surface area contributed by atoms with Crippen molar-refractivity contribution in [3.8, 4) is 0 Å². The molecule has 1 N–H and O–H groups in total. The fraction of sp³-hybridized carbons (Fsp3) is 0.154. The molecular weight excluding hydrogens is 451 g/mol. The maximum absolute atomic E-state index is 14.1. The van der Waals surface area contributed by atoms with Gasteiger partial charge in [-0.05, 0) is 29.3 Å². The van der Waals surface area contributed by atoms with Crippen molar-refractivity contribution in [3.63, 3.8) is 0 Å². The van der Waals surface area contributed by atoms with Gasteiger partial charge in [0.25, 0.3) is 5.91 Å². The molecule has 0 aliphatic carbocycles. The third-order valence-corrected chi connectivity index (χ3v) is 6.56. The Morgan fingerprint density at radius 2 is 1.74 bits per heavy atom. The van der Waals surface area contributed by atoms with Gasteiger partial charge in [-0.15, -0.1) is 0 Å². The predicted octanol–water partition coefficient (Wildman–Crippen LogP) is 4.42. The molecule has 6 nitrogen and oxygen atoms in total. The van der Waals surface area contributed by atoms with Crippen molar-refractivity contribution >= 4 is 40.3 Å². The molecule has 2 aliphatic rings. The minimum atomic E-state index is -0.837. The molecule has 1 atom stereocenters. The fourth-order valence-corrected chi connectivity index (χ4v) is 4.82. The number of hydrogen-bond donors (Lipinski definition) is 1. The summed E-state index contributed by atoms with van der Waals surface area (Å²) < 4.78 is 14.1. The van der Waals surface area contributed by atoms with Crippen molar-refractivity contribution in [3.05, 3.63) is 101 Å². The van der Waals surface area contributed by atoms with Crippen LogP contribution < -0.4 is 5.32 Å². The standard InChI is InChI=1S/C26H21FN4O2S/c27-20-12-6-4-10-18(20)16-34-26-30-21-13-7-5-11-19(21)24-29-22(25(33)31(24)26)14-23(32)28-15-17-8-2-1-3-9-17/h1-13,22H,14-16H2,(H,28,32). The van der Waals surface area contributed by atoms with Gasteiger partial charge >= 0.3 is 0 Å². The normalized spacial score (nSPS) is 16.4. The van der Waals surface area contributed by atoms with E-state index in [1.807, 2.05) is 54.6 Å². The molecule has 3 aromatic rings. The number of rotatable bonds is 6. The molecule has 0 bridgehead atoms. The zero-order chi connectivity index (χ0) is 23.5. The lowest BCUT2D eigenvalue weighted by Crippen LogP contribution is -2.42. The summed E-state index contributed by atoms with van der Waals surface area (Å²) in [5.74, 6) is -0.0716. The quantitative estimate of drug-likeness (QED) is 0.577. The Balaban J connectivity index is 1.34. The van der Waals surface area contributed by atoms with Crippen LogP contribution >= 0.6 is 11.8 Å². The highest BCUT2D eigenvalue weighted by Crippen LogP contribution is 2.35. The molecule has 0 aromatic heterocycles. The first-order chi connectivity index (χ1) is 16.6. The monoisotopic (exact) mass is 472 g/mol. The smallest absolute Gasteiger partial charge is 0.259 e. The van der Waals surface area contributed by atoms with Crippen LogP contribution in [0.1, 0.15) is 23.1 Å². The number of hydrogen-bond acceptors (Lipinski definition) is 5. The van der Waals surface area contributed by atoms with Gasteiger partial charge in [0.15, 0.2) is 5.17 Å². The minimum Gasteiger partial charge on any atom is -0.352 e. The van der Waals surface area contributed by atoms with Crippen molar-refractivity contribution in [2.24, 2.45) is 9.98 Å². The molecule has 0 spiro atoms. The average molecular weight is 473 g/mol. The number of amides is 2. The highest BCUT2D eigenvalue weighted by atomic mass is 32.2.